The smallest absolute Gasteiger partial charge is 0.222 e. The number of amides is 1. The number of anilines is 1. The summed E-state index contributed by atoms with van der Waals surface area (Å²) in [4.78, 5) is 16.5. The molecular weight excluding hydrogens is 345 g/mol. The Labute approximate surface area is 152 Å². The van der Waals surface area contributed by atoms with Crippen LogP contribution in [-0.2, 0) is 11.3 Å². The van der Waals surface area contributed by atoms with Gasteiger partial charge in [-0.1, -0.05) is 23.2 Å². The molecule has 128 valence electrons. The van der Waals surface area contributed by atoms with E-state index in [1.54, 1.807) is 0 Å². The lowest BCUT2D eigenvalue weighted by atomic mass is 10.2. The van der Waals surface area contributed by atoms with Gasteiger partial charge in [0, 0.05) is 57.2 Å². The molecule has 3 rings (SSSR count). The molecule has 1 fully saturated rings. The van der Waals surface area contributed by atoms with Gasteiger partial charge in [0.2, 0.25) is 5.91 Å². The molecule has 0 N–H and O–H groups in total. The summed E-state index contributed by atoms with van der Waals surface area (Å²) >= 11 is 12.1. The molecule has 24 heavy (non-hydrogen) atoms. The van der Waals surface area contributed by atoms with Crippen LogP contribution in [0.1, 0.15) is 12.8 Å². The molecule has 0 bridgehead atoms. The molecule has 0 atom stereocenters. The van der Waals surface area contributed by atoms with Crippen LogP contribution < -0.4 is 4.90 Å². The van der Waals surface area contributed by atoms with E-state index in [4.69, 9.17) is 23.2 Å². The van der Waals surface area contributed by atoms with Crippen molar-refractivity contribution in [2.45, 2.75) is 19.4 Å². The number of nitrogens with zero attached hydrogens (tertiary/aromatic N) is 3. The molecule has 0 saturated carbocycles. The van der Waals surface area contributed by atoms with Crippen LogP contribution in [0.2, 0.25) is 10.0 Å². The first kappa shape index (κ1) is 17.2. The molecule has 1 aliphatic rings. The predicted octanol–water partition coefficient (Wildman–Crippen LogP) is 3.92. The van der Waals surface area contributed by atoms with E-state index in [0.717, 1.165) is 44.8 Å². The molecule has 2 aromatic rings. The maximum Gasteiger partial charge on any atom is 0.222 e. The average Bonchev–Trinajstić information content (AvgIpc) is 3.11. The Bertz CT molecular complexity index is 680. The summed E-state index contributed by atoms with van der Waals surface area (Å²) in [6.07, 6.45) is 5.53. The van der Waals surface area contributed by atoms with Crippen molar-refractivity contribution >= 4 is 34.8 Å². The Morgan fingerprint density at radius 1 is 1.00 bits per heavy atom. The summed E-state index contributed by atoms with van der Waals surface area (Å²) in [5, 5.41) is 1.13. The highest BCUT2D eigenvalue weighted by atomic mass is 35.5. The largest absolute Gasteiger partial charge is 0.368 e. The van der Waals surface area contributed by atoms with Gasteiger partial charge in [0.25, 0.3) is 0 Å². The van der Waals surface area contributed by atoms with Gasteiger partial charge >= 0.3 is 0 Å². The Kier molecular flexibility index (Phi) is 5.69. The SMILES string of the molecule is O=C(CCCn1cccc1)N1CCN(c2ccc(Cl)c(Cl)c2)CC1. The number of halogens is 2. The van der Waals surface area contributed by atoms with Gasteiger partial charge in [-0.15, -0.1) is 0 Å². The maximum absolute atomic E-state index is 12.3. The van der Waals surface area contributed by atoms with E-state index in [1.165, 1.54) is 0 Å². The van der Waals surface area contributed by atoms with Crippen molar-refractivity contribution in [1.82, 2.24) is 9.47 Å². The van der Waals surface area contributed by atoms with E-state index in [9.17, 15) is 4.79 Å². The van der Waals surface area contributed by atoms with Gasteiger partial charge in [0.05, 0.1) is 10.0 Å². The Hall–Kier alpha value is -1.65. The lowest BCUT2D eigenvalue weighted by Gasteiger charge is -2.36. The quantitative estimate of drug-likeness (QED) is 0.802. The van der Waals surface area contributed by atoms with Gasteiger partial charge in [-0.3, -0.25) is 4.79 Å². The zero-order valence-corrected chi connectivity index (χ0v) is 15.0. The second-order valence-corrected chi connectivity index (χ2v) is 6.81. The number of hydrogen-bond acceptors (Lipinski definition) is 2. The molecule has 1 aromatic carbocycles. The second-order valence-electron chi connectivity index (χ2n) is 5.99. The third kappa shape index (κ3) is 4.25. The molecule has 6 heteroatoms. The molecule has 2 heterocycles. The monoisotopic (exact) mass is 365 g/mol. The number of benzene rings is 1. The van der Waals surface area contributed by atoms with Crippen LogP contribution in [0.5, 0.6) is 0 Å². The third-order valence-corrected chi connectivity index (χ3v) is 5.11. The molecule has 0 aliphatic carbocycles. The number of piperazine rings is 1. The molecule has 1 aliphatic heterocycles. The molecule has 0 spiro atoms. The van der Waals surface area contributed by atoms with Crippen molar-refractivity contribution in [2.24, 2.45) is 0 Å². The molecule has 1 aromatic heterocycles. The summed E-state index contributed by atoms with van der Waals surface area (Å²) in [7, 11) is 0. The van der Waals surface area contributed by atoms with Gasteiger partial charge < -0.3 is 14.4 Å². The van der Waals surface area contributed by atoms with Crippen LogP contribution in [0.25, 0.3) is 0 Å². The van der Waals surface area contributed by atoms with E-state index in [2.05, 4.69) is 9.47 Å². The standard InChI is InChI=1S/C18H21Cl2N3O/c19-16-6-5-15(14-17(16)20)22-10-12-23(13-11-22)18(24)4-3-9-21-7-1-2-8-21/h1-2,5-8,14H,3-4,9-13H2. The van der Waals surface area contributed by atoms with E-state index < -0.39 is 0 Å². The summed E-state index contributed by atoms with van der Waals surface area (Å²) in [5.41, 5.74) is 1.06. The van der Waals surface area contributed by atoms with E-state index in [-0.39, 0.29) is 5.91 Å². The fourth-order valence-electron chi connectivity index (χ4n) is 2.99. The average molecular weight is 366 g/mol. The Balaban J connectivity index is 1.45. The van der Waals surface area contributed by atoms with Crippen LogP contribution in [0.4, 0.5) is 5.69 Å². The summed E-state index contributed by atoms with van der Waals surface area (Å²) in [6, 6.07) is 9.69. The lowest BCUT2D eigenvalue weighted by molar-refractivity contribution is -0.131. The van der Waals surface area contributed by atoms with Gasteiger partial charge in [0.15, 0.2) is 0 Å². The molecule has 4 nitrogen and oxygen atoms in total. The van der Waals surface area contributed by atoms with Crippen LogP contribution in [0.15, 0.2) is 42.7 Å². The summed E-state index contributed by atoms with van der Waals surface area (Å²) in [6.45, 7) is 4.04. The van der Waals surface area contributed by atoms with Crippen molar-refractivity contribution in [3.63, 3.8) is 0 Å². The van der Waals surface area contributed by atoms with Crippen LogP contribution >= 0.6 is 23.2 Å². The highest BCUT2D eigenvalue weighted by Crippen LogP contribution is 2.27. The van der Waals surface area contributed by atoms with Crippen LogP contribution in [-0.4, -0.2) is 41.6 Å². The first-order valence-corrected chi connectivity index (χ1v) is 8.97. The van der Waals surface area contributed by atoms with Crippen LogP contribution in [0, 0.1) is 0 Å². The normalized spacial score (nSPS) is 14.9. The zero-order chi connectivity index (χ0) is 16.9. The topological polar surface area (TPSA) is 28.5 Å². The number of aryl methyl sites for hydroxylation is 1. The zero-order valence-electron chi connectivity index (χ0n) is 13.5. The van der Waals surface area contributed by atoms with Gasteiger partial charge in [-0.25, -0.2) is 0 Å². The summed E-state index contributed by atoms with van der Waals surface area (Å²) < 4.78 is 2.11. The molecule has 0 radical (unpaired) electrons. The van der Waals surface area contributed by atoms with E-state index in [0.29, 0.717) is 16.5 Å². The maximum atomic E-state index is 12.3. The Morgan fingerprint density at radius 2 is 1.71 bits per heavy atom. The minimum atomic E-state index is 0.246. The number of carbonyl (C=O) groups is 1. The molecule has 1 amide bonds. The van der Waals surface area contributed by atoms with Crippen molar-refractivity contribution < 1.29 is 4.79 Å². The highest BCUT2D eigenvalue weighted by Gasteiger charge is 2.21. The number of hydrogen-bond donors (Lipinski definition) is 0. The number of rotatable bonds is 5. The fraction of sp³-hybridized carbons (Fsp3) is 0.389. The van der Waals surface area contributed by atoms with Gasteiger partial charge in [-0.05, 0) is 36.8 Å². The van der Waals surface area contributed by atoms with Crippen molar-refractivity contribution in [2.75, 3.05) is 31.1 Å². The van der Waals surface area contributed by atoms with Gasteiger partial charge in [-0.2, -0.15) is 0 Å². The van der Waals surface area contributed by atoms with Gasteiger partial charge in [0.1, 0.15) is 0 Å². The Morgan fingerprint density at radius 3 is 2.38 bits per heavy atom. The van der Waals surface area contributed by atoms with E-state index in [1.807, 2.05) is 47.6 Å². The first-order chi connectivity index (χ1) is 11.6. The fourth-order valence-corrected chi connectivity index (χ4v) is 3.28. The summed E-state index contributed by atoms with van der Waals surface area (Å²) in [5.74, 6) is 0.246. The molecule has 1 saturated heterocycles. The van der Waals surface area contributed by atoms with Crippen molar-refractivity contribution in [3.8, 4) is 0 Å². The van der Waals surface area contributed by atoms with E-state index >= 15 is 0 Å². The molecule has 0 unspecified atom stereocenters. The van der Waals surface area contributed by atoms with Crippen molar-refractivity contribution in [1.29, 1.82) is 0 Å². The predicted molar refractivity (Wildman–Crippen MR) is 98.9 cm³/mol. The third-order valence-electron chi connectivity index (χ3n) is 4.37. The van der Waals surface area contributed by atoms with Crippen molar-refractivity contribution in [3.05, 3.63) is 52.8 Å². The highest BCUT2D eigenvalue weighted by molar-refractivity contribution is 6.42. The number of aromatic nitrogens is 1. The first-order valence-electron chi connectivity index (χ1n) is 8.22. The lowest BCUT2D eigenvalue weighted by Crippen LogP contribution is -2.48. The molecular formula is C18H21Cl2N3O. The minimum absolute atomic E-state index is 0.246. The number of carbonyl (C=O) groups excluding carboxylic acids is 1. The second kappa shape index (κ2) is 7.95. The minimum Gasteiger partial charge on any atom is -0.368 e. The van der Waals surface area contributed by atoms with Crippen LogP contribution in [0.3, 0.4) is 0 Å².